The lowest BCUT2D eigenvalue weighted by Gasteiger charge is -2.29. The molecule has 11 heteroatoms. The summed E-state index contributed by atoms with van der Waals surface area (Å²) < 4.78 is 74.0. The summed E-state index contributed by atoms with van der Waals surface area (Å²) in [7, 11) is -5.86. The Kier molecular flexibility index (Phi) is 6.71. The van der Waals surface area contributed by atoms with Crippen molar-refractivity contribution in [2.24, 2.45) is 0 Å². The molecule has 1 aliphatic heterocycles. The Bertz CT molecular complexity index is 792. The van der Waals surface area contributed by atoms with E-state index in [-0.39, 0.29) is 31.9 Å². The number of ether oxygens (including phenoxy) is 2. The van der Waals surface area contributed by atoms with Crippen molar-refractivity contribution < 1.29 is 40.0 Å². The van der Waals surface area contributed by atoms with Crippen molar-refractivity contribution in [2.75, 3.05) is 19.7 Å². The predicted octanol–water partition coefficient (Wildman–Crippen LogP) is 3.14. The maximum atomic E-state index is 12.6. The van der Waals surface area contributed by atoms with Crippen molar-refractivity contribution in [1.29, 1.82) is 0 Å². The summed E-state index contributed by atoms with van der Waals surface area (Å²) in [6.45, 7) is 2.03. The highest BCUT2D eigenvalue weighted by atomic mass is 32.2. The number of hydrogen-bond donors (Lipinski definition) is 0. The van der Waals surface area contributed by atoms with E-state index in [2.05, 4.69) is 8.92 Å². The molecule has 0 bridgehead atoms. The van der Waals surface area contributed by atoms with Gasteiger partial charge in [-0.1, -0.05) is 30.3 Å². The minimum Gasteiger partial charge on any atom is -0.434 e. The minimum absolute atomic E-state index is 0.0170. The zero-order chi connectivity index (χ0) is 20.1. The summed E-state index contributed by atoms with van der Waals surface area (Å²) in [6, 6.07) is 9.21. The van der Waals surface area contributed by atoms with Crippen molar-refractivity contribution in [1.82, 2.24) is 4.90 Å². The van der Waals surface area contributed by atoms with Crippen LogP contribution in [0, 0.1) is 0 Å². The van der Waals surface area contributed by atoms with Crippen molar-refractivity contribution in [3.8, 4) is 0 Å². The number of hydrogen-bond acceptors (Lipinski definition) is 7. The molecule has 7 nitrogen and oxygen atoms in total. The number of nitrogens with zero attached hydrogens (tertiary/aromatic N) is 1. The highest BCUT2D eigenvalue weighted by Crippen LogP contribution is 2.30. The normalized spacial score (nSPS) is 16.1. The predicted molar refractivity (Wildman–Crippen MR) is 87.5 cm³/mol. The molecule has 0 fully saturated rings. The molecule has 2 rings (SSSR count). The molecule has 1 aromatic rings. The number of carbonyl (C=O) groups excluding carboxylic acids is 1. The summed E-state index contributed by atoms with van der Waals surface area (Å²) in [6.07, 6.45) is -1.34. The molecule has 0 saturated heterocycles. The third-order valence-electron chi connectivity index (χ3n) is 3.54. The fraction of sp³-hybridized carbons (Fsp3) is 0.438. The Morgan fingerprint density at radius 3 is 2.44 bits per heavy atom. The van der Waals surface area contributed by atoms with Gasteiger partial charge in [0.05, 0.1) is 13.2 Å². The molecule has 27 heavy (non-hydrogen) atoms. The number of benzene rings is 1. The number of halogens is 3. The molecule has 1 aliphatic rings. The minimum atomic E-state index is -5.86. The quantitative estimate of drug-likeness (QED) is 0.406. The molecule has 0 saturated carbocycles. The van der Waals surface area contributed by atoms with E-state index in [9.17, 15) is 26.4 Å². The van der Waals surface area contributed by atoms with E-state index in [0.29, 0.717) is 6.54 Å². The maximum Gasteiger partial charge on any atom is 0.534 e. The first-order valence-electron chi connectivity index (χ1n) is 7.96. The molecule has 0 aromatic heterocycles. The highest BCUT2D eigenvalue weighted by molar-refractivity contribution is 7.87. The zero-order valence-electron chi connectivity index (χ0n) is 14.4. The second-order valence-corrected chi connectivity index (χ2v) is 7.10. The topological polar surface area (TPSA) is 82.1 Å². The Morgan fingerprint density at radius 2 is 1.85 bits per heavy atom. The monoisotopic (exact) mass is 409 g/mol. The van der Waals surface area contributed by atoms with Gasteiger partial charge in [0, 0.05) is 19.5 Å². The molecule has 150 valence electrons. The molecule has 0 radical (unpaired) electrons. The van der Waals surface area contributed by atoms with Gasteiger partial charge in [-0.25, -0.2) is 4.79 Å². The largest absolute Gasteiger partial charge is 0.534 e. The van der Waals surface area contributed by atoms with Gasteiger partial charge in [-0.3, -0.25) is 4.90 Å². The van der Waals surface area contributed by atoms with Crippen LogP contribution in [0.15, 0.2) is 41.9 Å². The van der Waals surface area contributed by atoms with Crippen LogP contribution >= 0.6 is 0 Å². The van der Waals surface area contributed by atoms with E-state index in [1.165, 1.54) is 6.92 Å². The Labute approximate surface area is 154 Å². The molecule has 0 unspecified atom stereocenters. The molecule has 0 N–H and O–H groups in total. The second kappa shape index (κ2) is 8.61. The van der Waals surface area contributed by atoms with Gasteiger partial charge >= 0.3 is 21.8 Å². The Hall–Kier alpha value is -2.27. The Morgan fingerprint density at radius 1 is 1.19 bits per heavy atom. The fourth-order valence-electron chi connectivity index (χ4n) is 2.35. The van der Waals surface area contributed by atoms with Crippen molar-refractivity contribution >= 4 is 16.3 Å². The molecule has 1 aromatic carbocycles. The van der Waals surface area contributed by atoms with Crippen LogP contribution in [0.4, 0.5) is 18.0 Å². The molecule has 0 atom stereocenters. The number of carbonyl (C=O) groups is 1. The van der Waals surface area contributed by atoms with Crippen LogP contribution in [0.1, 0.15) is 18.9 Å². The van der Waals surface area contributed by atoms with Gasteiger partial charge in [-0.05, 0) is 12.5 Å². The summed E-state index contributed by atoms with van der Waals surface area (Å²) in [4.78, 5) is 13.3. The van der Waals surface area contributed by atoms with E-state index in [1.807, 2.05) is 30.3 Å². The van der Waals surface area contributed by atoms with Gasteiger partial charge in [-0.15, -0.1) is 0 Å². The summed E-state index contributed by atoms with van der Waals surface area (Å²) in [5.74, 6) is -0.895. The van der Waals surface area contributed by atoms with E-state index < -0.39 is 27.5 Å². The van der Waals surface area contributed by atoms with E-state index in [0.717, 1.165) is 5.56 Å². The van der Waals surface area contributed by atoms with E-state index in [4.69, 9.17) is 4.74 Å². The van der Waals surface area contributed by atoms with Gasteiger partial charge < -0.3 is 13.7 Å². The lowest BCUT2D eigenvalue weighted by molar-refractivity contribution is -0.0528. The second-order valence-electron chi connectivity index (χ2n) is 5.56. The first-order chi connectivity index (χ1) is 12.6. The van der Waals surface area contributed by atoms with Crippen molar-refractivity contribution in [3.05, 3.63) is 47.4 Å². The molecular formula is C16H18F3NO6S. The maximum absolute atomic E-state index is 12.6. The first kappa shape index (κ1) is 21.0. The summed E-state index contributed by atoms with van der Waals surface area (Å²) >= 11 is 0. The Balaban J connectivity index is 2.21. The lowest BCUT2D eigenvalue weighted by Crippen LogP contribution is -2.35. The summed E-state index contributed by atoms with van der Waals surface area (Å²) in [5.41, 5.74) is -4.66. The SMILES string of the molecule is CCOC(=O)OC1=C(OS(=O)(=O)C(F)(F)F)CCN(Cc2ccccc2)C1. The van der Waals surface area contributed by atoms with E-state index >= 15 is 0 Å². The van der Waals surface area contributed by atoms with Gasteiger partial charge in [0.1, 0.15) is 0 Å². The standard InChI is InChI=1S/C16H18F3NO6S/c1-2-24-15(21)25-14-11-20(10-12-6-4-3-5-7-12)9-8-13(14)26-27(22,23)16(17,18)19/h3-7H,2,8-11H2,1H3. The number of alkyl halides is 3. The van der Waals surface area contributed by atoms with Gasteiger partial charge in [0.15, 0.2) is 11.5 Å². The van der Waals surface area contributed by atoms with Crippen molar-refractivity contribution in [2.45, 2.75) is 25.4 Å². The van der Waals surface area contributed by atoms with Crippen LogP contribution < -0.4 is 0 Å². The fourth-order valence-corrected chi connectivity index (χ4v) is 2.89. The molecule has 0 amide bonds. The van der Waals surface area contributed by atoms with Crippen LogP contribution in [-0.2, 0) is 30.3 Å². The molecule has 0 spiro atoms. The van der Waals surface area contributed by atoms with Crippen molar-refractivity contribution in [3.63, 3.8) is 0 Å². The third-order valence-corrected chi connectivity index (χ3v) is 4.53. The zero-order valence-corrected chi connectivity index (χ0v) is 15.2. The molecule has 0 aliphatic carbocycles. The smallest absolute Gasteiger partial charge is 0.434 e. The molecular weight excluding hydrogens is 391 g/mol. The van der Waals surface area contributed by atoms with Gasteiger partial charge in [-0.2, -0.15) is 21.6 Å². The third kappa shape index (κ3) is 5.86. The van der Waals surface area contributed by atoms with Crippen LogP contribution in [0.3, 0.4) is 0 Å². The highest BCUT2D eigenvalue weighted by Gasteiger charge is 2.49. The number of rotatable bonds is 6. The summed E-state index contributed by atoms with van der Waals surface area (Å²) in [5, 5.41) is 0. The van der Waals surface area contributed by atoms with Crippen LogP contribution in [0.25, 0.3) is 0 Å². The average molecular weight is 409 g/mol. The van der Waals surface area contributed by atoms with E-state index in [1.54, 1.807) is 4.90 Å². The van der Waals surface area contributed by atoms with Gasteiger partial charge in [0.25, 0.3) is 0 Å². The van der Waals surface area contributed by atoms with Crippen LogP contribution in [0.2, 0.25) is 0 Å². The average Bonchev–Trinajstić information content (AvgIpc) is 2.57. The van der Waals surface area contributed by atoms with Crippen LogP contribution in [0.5, 0.6) is 0 Å². The molecule has 1 heterocycles. The first-order valence-corrected chi connectivity index (χ1v) is 9.37. The van der Waals surface area contributed by atoms with Crippen LogP contribution in [-0.4, -0.2) is 44.7 Å². The lowest BCUT2D eigenvalue weighted by atomic mass is 10.1. The van der Waals surface area contributed by atoms with Gasteiger partial charge in [0.2, 0.25) is 0 Å².